The lowest BCUT2D eigenvalue weighted by atomic mass is 10.1. The highest BCUT2D eigenvalue weighted by atomic mass is 16.3. The number of amides is 2. The Bertz CT molecular complexity index is 716. The summed E-state index contributed by atoms with van der Waals surface area (Å²) in [6.07, 6.45) is -0.875. The number of nitrogens with one attached hydrogen (secondary N) is 1. The number of hydrogen-bond donors (Lipinski definition) is 2. The molecule has 0 saturated carbocycles. The van der Waals surface area contributed by atoms with Crippen molar-refractivity contribution in [1.29, 1.82) is 0 Å². The number of rotatable bonds is 7. The Labute approximate surface area is 148 Å². The van der Waals surface area contributed by atoms with Gasteiger partial charge in [-0.1, -0.05) is 48.5 Å². The van der Waals surface area contributed by atoms with Crippen molar-refractivity contribution in [1.82, 2.24) is 4.90 Å². The second-order valence-corrected chi connectivity index (χ2v) is 5.87. The summed E-state index contributed by atoms with van der Waals surface area (Å²) in [5.41, 5.74) is 2.23. The van der Waals surface area contributed by atoms with E-state index in [1.54, 1.807) is 23.1 Å². The quantitative estimate of drug-likeness (QED) is 0.814. The first kappa shape index (κ1) is 18.7. The molecule has 2 amide bonds. The molecule has 132 valence electrons. The van der Waals surface area contributed by atoms with Crippen molar-refractivity contribution in [2.75, 3.05) is 11.9 Å². The van der Waals surface area contributed by atoms with Crippen LogP contribution in [0.4, 0.5) is 5.69 Å². The number of aliphatic hydroxyl groups is 1. The predicted octanol–water partition coefficient (Wildman–Crippen LogP) is 3.12. The van der Waals surface area contributed by atoms with Crippen LogP contribution in [0.15, 0.2) is 54.6 Å². The van der Waals surface area contributed by atoms with Crippen LogP contribution in [-0.2, 0) is 16.1 Å². The smallest absolute Gasteiger partial charge is 0.227 e. The van der Waals surface area contributed by atoms with Crippen molar-refractivity contribution in [2.45, 2.75) is 32.9 Å². The molecule has 0 heterocycles. The molecule has 1 atom stereocenters. The molecule has 2 aromatic rings. The maximum atomic E-state index is 12.3. The number of benzene rings is 2. The van der Waals surface area contributed by atoms with Gasteiger partial charge in [0.1, 0.15) is 0 Å². The molecule has 25 heavy (non-hydrogen) atoms. The fourth-order valence-corrected chi connectivity index (χ4v) is 2.60. The third kappa shape index (κ3) is 5.43. The molecule has 0 aliphatic carbocycles. The van der Waals surface area contributed by atoms with Crippen molar-refractivity contribution >= 4 is 17.5 Å². The summed E-state index contributed by atoms with van der Waals surface area (Å²) >= 11 is 0. The van der Waals surface area contributed by atoms with E-state index >= 15 is 0 Å². The number of carbonyl (C=O) groups excluding carboxylic acids is 2. The van der Waals surface area contributed by atoms with E-state index in [1.807, 2.05) is 43.3 Å². The van der Waals surface area contributed by atoms with E-state index in [0.717, 1.165) is 5.56 Å². The van der Waals surface area contributed by atoms with Crippen LogP contribution < -0.4 is 5.32 Å². The fourth-order valence-electron chi connectivity index (χ4n) is 2.60. The minimum Gasteiger partial charge on any atom is -0.388 e. The average molecular weight is 340 g/mol. The first-order chi connectivity index (χ1) is 12.0. The molecule has 0 aliphatic heterocycles. The molecule has 2 rings (SSSR count). The third-order valence-corrected chi connectivity index (χ3v) is 4.04. The highest BCUT2D eigenvalue weighted by molar-refractivity contribution is 5.92. The zero-order chi connectivity index (χ0) is 18.2. The molecular weight excluding hydrogens is 316 g/mol. The summed E-state index contributed by atoms with van der Waals surface area (Å²) in [6.45, 7) is 4.48. The Morgan fingerprint density at radius 2 is 1.72 bits per heavy atom. The van der Waals surface area contributed by atoms with Gasteiger partial charge >= 0.3 is 0 Å². The average Bonchev–Trinajstić information content (AvgIpc) is 2.61. The number of nitrogens with zero attached hydrogens (tertiary/aromatic N) is 1. The first-order valence-electron chi connectivity index (χ1n) is 8.37. The van der Waals surface area contributed by atoms with E-state index in [1.165, 1.54) is 6.92 Å². The zero-order valence-electron chi connectivity index (χ0n) is 14.6. The topological polar surface area (TPSA) is 69.6 Å². The molecule has 2 aromatic carbocycles. The maximum Gasteiger partial charge on any atom is 0.227 e. The summed E-state index contributed by atoms with van der Waals surface area (Å²) in [4.78, 5) is 25.6. The molecule has 0 aliphatic rings. The molecule has 0 fully saturated rings. The predicted molar refractivity (Wildman–Crippen MR) is 97.9 cm³/mol. The number of carbonyl (C=O) groups is 2. The van der Waals surface area contributed by atoms with E-state index in [4.69, 9.17) is 0 Å². The minimum atomic E-state index is -0.849. The van der Waals surface area contributed by atoms with Crippen molar-refractivity contribution in [3.05, 3.63) is 65.7 Å². The van der Waals surface area contributed by atoms with E-state index in [-0.39, 0.29) is 18.2 Å². The molecule has 2 N–H and O–H groups in total. The number of anilines is 1. The number of para-hydroxylation sites is 1. The Morgan fingerprint density at radius 3 is 2.36 bits per heavy atom. The molecule has 0 radical (unpaired) electrons. The zero-order valence-corrected chi connectivity index (χ0v) is 14.6. The Balaban J connectivity index is 2.04. The summed E-state index contributed by atoms with van der Waals surface area (Å²) in [5, 5.41) is 13.0. The van der Waals surface area contributed by atoms with Gasteiger partial charge in [0.2, 0.25) is 11.8 Å². The molecule has 0 spiro atoms. The van der Waals surface area contributed by atoms with Crippen LogP contribution in [-0.4, -0.2) is 28.4 Å². The van der Waals surface area contributed by atoms with Crippen molar-refractivity contribution in [3.8, 4) is 0 Å². The molecule has 0 saturated heterocycles. The van der Waals surface area contributed by atoms with Crippen molar-refractivity contribution < 1.29 is 14.7 Å². The Hall–Kier alpha value is -2.66. The summed E-state index contributed by atoms with van der Waals surface area (Å²) in [7, 11) is 0. The molecule has 5 heteroatoms. The highest BCUT2D eigenvalue weighted by Gasteiger charge is 2.15. The first-order valence-corrected chi connectivity index (χ1v) is 8.37. The van der Waals surface area contributed by atoms with Crippen LogP contribution in [0.5, 0.6) is 0 Å². The fraction of sp³-hybridized carbons (Fsp3) is 0.300. The maximum absolute atomic E-state index is 12.3. The van der Waals surface area contributed by atoms with Gasteiger partial charge in [-0.3, -0.25) is 9.59 Å². The van der Waals surface area contributed by atoms with E-state index in [2.05, 4.69) is 5.32 Å². The normalized spacial score (nSPS) is 11.6. The molecule has 0 aromatic heterocycles. The van der Waals surface area contributed by atoms with Gasteiger partial charge in [-0.2, -0.15) is 0 Å². The number of hydrogen-bond acceptors (Lipinski definition) is 3. The van der Waals surface area contributed by atoms with Gasteiger partial charge in [-0.15, -0.1) is 0 Å². The molecule has 5 nitrogen and oxygen atoms in total. The highest BCUT2D eigenvalue weighted by Crippen LogP contribution is 2.20. The van der Waals surface area contributed by atoms with Crippen LogP contribution in [0.25, 0.3) is 0 Å². The summed E-state index contributed by atoms with van der Waals surface area (Å²) in [5.74, 6) is -0.280. The van der Waals surface area contributed by atoms with Gasteiger partial charge in [0.05, 0.1) is 12.5 Å². The second-order valence-electron chi connectivity index (χ2n) is 5.87. The van der Waals surface area contributed by atoms with Crippen molar-refractivity contribution in [3.63, 3.8) is 0 Å². The SMILES string of the molecule is CCN(Cc1ccccc1NC(=O)CC(O)c1ccccc1)C(C)=O. The summed E-state index contributed by atoms with van der Waals surface area (Å²) in [6, 6.07) is 16.5. The summed E-state index contributed by atoms with van der Waals surface area (Å²) < 4.78 is 0. The lowest BCUT2D eigenvalue weighted by molar-refractivity contribution is -0.129. The van der Waals surface area contributed by atoms with Crippen LogP contribution in [0.1, 0.15) is 37.5 Å². The van der Waals surface area contributed by atoms with Gasteiger partial charge in [-0.05, 0) is 24.1 Å². The van der Waals surface area contributed by atoms with Crippen molar-refractivity contribution in [2.24, 2.45) is 0 Å². The Morgan fingerprint density at radius 1 is 1.08 bits per heavy atom. The standard InChI is InChI=1S/C20H24N2O3/c1-3-22(15(2)23)14-17-11-7-8-12-18(17)21-20(25)13-19(24)16-9-5-4-6-10-16/h4-12,19,24H,3,13-14H2,1-2H3,(H,21,25). The van der Waals surface area contributed by atoms with Crippen LogP contribution in [0.3, 0.4) is 0 Å². The molecular formula is C20H24N2O3. The monoisotopic (exact) mass is 340 g/mol. The molecule has 1 unspecified atom stereocenters. The van der Waals surface area contributed by atoms with Crippen LogP contribution >= 0.6 is 0 Å². The minimum absolute atomic E-state index is 0.0110. The second kappa shape index (κ2) is 8.99. The van der Waals surface area contributed by atoms with Gasteiger partial charge in [0.15, 0.2) is 0 Å². The van der Waals surface area contributed by atoms with Crippen LogP contribution in [0.2, 0.25) is 0 Å². The third-order valence-electron chi connectivity index (χ3n) is 4.04. The van der Waals surface area contributed by atoms with Gasteiger partial charge < -0.3 is 15.3 Å². The van der Waals surface area contributed by atoms with Gasteiger partial charge in [-0.25, -0.2) is 0 Å². The largest absolute Gasteiger partial charge is 0.388 e. The van der Waals surface area contributed by atoms with Gasteiger partial charge in [0, 0.05) is 25.7 Å². The number of aliphatic hydroxyl groups excluding tert-OH is 1. The van der Waals surface area contributed by atoms with Gasteiger partial charge in [0.25, 0.3) is 0 Å². The van der Waals surface area contributed by atoms with E-state index in [9.17, 15) is 14.7 Å². The Kier molecular flexibility index (Phi) is 6.71. The molecule has 0 bridgehead atoms. The lowest BCUT2D eigenvalue weighted by Crippen LogP contribution is -2.28. The van der Waals surface area contributed by atoms with E-state index < -0.39 is 6.10 Å². The van der Waals surface area contributed by atoms with E-state index in [0.29, 0.717) is 24.3 Å². The lowest BCUT2D eigenvalue weighted by Gasteiger charge is -2.21. The van der Waals surface area contributed by atoms with Crippen LogP contribution in [0, 0.1) is 0 Å².